The first-order chi connectivity index (χ1) is 8.22. The van der Waals surface area contributed by atoms with Crippen LogP contribution >= 0.6 is 0 Å². The smallest absolute Gasteiger partial charge is 0.174 e. The first kappa shape index (κ1) is 11.1. The van der Waals surface area contributed by atoms with Crippen LogP contribution in [0.25, 0.3) is 0 Å². The van der Waals surface area contributed by atoms with E-state index < -0.39 is 5.92 Å². The minimum atomic E-state index is -0.581. The van der Waals surface area contributed by atoms with E-state index >= 15 is 0 Å². The number of carbonyl (C=O) groups excluding carboxylic acids is 2. The number of carbonyl (C=O) groups is 1. The molecule has 0 amide bonds. The van der Waals surface area contributed by atoms with Crippen LogP contribution in [0.5, 0.6) is 0 Å². The highest BCUT2D eigenvalue weighted by Gasteiger charge is 2.23. The van der Waals surface area contributed by atoms with E-state index in [0.717, 1.165) is 0 Å². The van der Waals surface area contributed by atoms with Crippen LogP contribution in [0.3, 0.4) is 0 Å². The average Bonchev–Trinajstić information content (AvgIpc) is 2.39. The van der Waals surface area contributed by atoms with Gasteiger partial charge in [0.2, 0.25) is 0 Å². The van der Waals surface area contributed by atoms with Gasteiger partial charge in [0, 0.05) is 11.3 Å². The number of rotatable bonds is 2. The van der Waals surface area contributed by atoms with Gasteiger partial charge in [0.1, 0.15) is 5.94 Å². The lowest BCUT2D eigenvalue weighted by Gasteiger charge is -2.14. The number of benzene rings is 1. The van der Waals surface area contributed by atoms with Crippen LogP contribution in [0.1, 0.15) is 10.4 Å². The average molecular weight is 225 g/mol. The van der Waals surface area contributed by atoms with E-state index in [1.807, 2.05) is 6.07 Å². The summed E-state index contributed by atoms with van der Waals surface area (Å²) in [6.07, 6.45) is 4.75. The molecule has 0 aromatic heterocycles. The molecule has 1 aromatic carbocycles. The molecular formula is C14H11NO2. The van der Waals surface area contributed by atoms with Gasteiger partial charge in [-0.1, -0.05) is 36.4 Å². The Labute approximate surface area is 98.9 Å². The Morgan fingerprint density at radius 3 is 2.59 bits per heavy atom. The van der Waals surface area contributed by atoms with Crippen LogP contribution in [-0.4, -0.2) is 11.7 Å². The SMILES string of the molecule is NC1=CC(=C=O)C(C(=O)c2ccccc2)C=C1. The third-order valence-electron chi connectivity index (χ3n) is 2.60. The monoisotopic (exact) mass is 225 g/mol. The summed E-state index contributed by atoms with van der Waals surface area (Å²) in [7, 11) is 0. The van der Waals surface area contributed by atoms with Gasteiger partial charge in [-0.05, 0) is 12.2 Å². The van der Waals surface area contributed by atoms with E-state index in [0.29, 0.717) is 11.3 Å². The topological polar surface area (TPSA) is 60.2 Å². The Morgan fingerprint density at radius 2 is 1.94 bits per heavy atom. The van der Waals surface area contributed by atoms with Gasteiger partial charge in [-0.15, -0.1) is 0 Å². The standard InChI is InChI=1S/C14H11NO2/c15-12-6-7-13(11(8-12)9-16)14(17)10-4-2-1-3-5-10/h1-8,13H,15H2. The lowest BCUT2D eigenvalue weighted by Crippen LogP contribution is -2.18. The van der Waals surface area contributed by atoms with Gasteiger partial charge in [-0.25, -0.2) is 4.79 Å². The number of ketones is 1. The van der Waals surface area contributed by atoms with Gasteiger partial charge in [0.05, 0.1) is 11.5 Å². The highest BCUT2D eigenvalue weighted by atomic mass is 16.1. The van der Waals surface area contributed by atoms with Crippen molar-refractivity contribution in [2.45, 2.75) is 0 Å². The predicted octanol–water partition coefficient (Wildman–Crippen LogP) is 1.66. The summed E-state index contributed by atoms with van der Waals surface area (Å²) >= 11 is 0. The summed E-state index contributed by atoms with van der Waals surface area (Å²) in [5.41, 5.74) is 6.87. The first-order valence-corrected chi connectivity index (χ1v) is 5.22. The van der Waals surface area contributed by atoms with E-state index in [9.17, 15) is 9.59 Å². The Balaban J connectivity index is 2.34. The number of nitrogens with two attached hydrogens (primary N) is 1. The van der Waals surface area contributed by atoms with Gasteiger partial charge in [0.15, 0.2) is 5.78 Å². The summed E-state index contributed by atoms with van der Waals surface area (Å²) in [4.78, 5) is 23.0. The van der Waals surface area contributed by atoms with Crippen molar-refractivity contribution >= 4 is 11.7 Å². The van der Waals surface area contributed by atoms with E-state index in [-0.39, 0.29) is 11.4 Å². The number of allylic oxidation sites excluding steroid dienone is 4. The Bertz CT molecular complexity index is 549. The number of hydrogen-bond acceptors (Lipinski definition) is 3. The molecule has 0 radical (unpaired) electrons. The molecule has 1 unspecified atom stereocenters. The van der Waals surface area contributed by atoms with Crippen molar-refractivity contribution in [3.05, 3.63) is 65.4 Å². The molecule has 2 N–H and O–H groups in total. The second-order valence-corrected chi connectivity index (χ2v) is 3.77. The van der Waals surface area contributed by atoms with Gasteiger partial charge in [0.25, 0.3) is 0 Å². The van der Waals surface area contributed by atoms with E-state index in [2.05, 4.69) is 0 Å². The molecular weight excluding hydrogens is 214 g/mol. The molecule has 0 aliphatic heterocycles. The molecule has 0 heterocycles. The van der Waals surface area contributed by atoms with E-state index in [1.165, 1.54) is 6.08 Å². The van der Waals surface area contributed by atoms with Crippen LogP contribution in [-0.2, 0) is 4.79 Å². The second-order valence-electron chi connectivity index (χ2n) is 3.77. The summed E-state index contributed by atoms with van der Waals surface area (Å²) in [6, 6.07) is 8.85. The van der Waals surface area contributed by atoms with E-state index in [4.69, 9.17) is 5.73 Å². The first-order valence-electron chi connectivity index (χ1n) is 5.22. The molecule has 0 saturated heterocycles. The molecule has 84 valence electrons. The molecule has 0 saturated carbocycles. The van der Waals surface area contributed by atoms with Crippen LogP contribution < -0.4 is 5.73 Å². The Hall–Kier alpha value is -2.38. The van der Waals surface area contributed by atoms with Crippen LogP contribution in [0.2, 0.25) is 0 Å². The van der Waals surface area contributed by atoms with Gasteiger partial charge >= 0.3 is 0 Å². The molecule has 0 spiro atoms. The zero-order chi connectivity index (χ0) is 12.3. The summed E-state index contributed by atoms with van der Waals surface area (Å²) in [5.74, 6) is 1.07. The predicted molar refractivity (Wildman–Crippen MR) is 64.9 cm³/mol. The van der Waals surface area contributed by atoms with Crippen LogP contribution in [0, 0.1) is 5.92 Å². The van der Waals surface area contributed by atoms with Crippen molar-refractivity contribution in [3.63, 3.8) is 0 Å². The van der Waals surface area contributed by atoms with Crippen LogP contribution in [0.15, 0.2) is 59.8 Å². The normalized spacial score (nSPS) is 18.5. The third kappa shape index (κ3) is 2.25. The van der Waals surface area contributed by atoms with Crippen molar-refractivity contribution in [2.75, 3.05) is 0 Å². The van der Waals surface area contributed by atoms with Crippen molar-refractivity contribution in [3.8, 4) is 0 Å². The fourth-order valence-electron chi connectivity index (χ4n) is 1.73. The highest BCUT2D eigenvalue weighted by Crippen LogP contribution is 2.22. The molecule has 1 aliphatic rings. The minimum absolute atomic E-state index is 0.121. The lowest BCUT2D eigenvalue weighted by molar-refractivity contribution is 0.0962. The molecule has 2 rings (SSSR count). The summed E-state index contributed by atoms with van der Waals surface area (Å²) in [5, 5.41) is 0. The van der Waals surface area contributed by atoms with Gasteiger partial charge in [-0.2, -0.15) is 0 Å². The minimum Gasteiger partial charge on any atom is -0.399 e. The fraction of sp³-hybridized carbons (Fsp3) is 0.0714. The third-order valence-corrected chi connectivity index (χ3v) is 2.60. The number of Topliss-reactive ketones (excluding diaryl/α,β-unsaturated/α-hetero) is 1. The molecule has 17 heavy (non-hydrogen) atoms. The zero-order valence-electron chi connectivity index (χ0n) is 9.09. The van der Waals surface area contributed by atoms with Gasteiger partial charge in [-0.3, -0.25) is 4.79 Å². The van der Waals surface area contributed by atoms with Crippen LogP contribution in [0.4, 0.5) is 0 Å². The van der Waals surface area contributed by atoms with Gasteiger partial charge < -0.3 is 5.73 Å². The fourth-order valence-corrected chi connectivity index (χ4v) is 1.73. The summed E-state index contributed by atoms with van der Waals surface area (Å²) < 4.78 is 0. The molecule has 1 aliphatic carbocycles. The molecule has 0 bridgehead atoms. The molecule has 1 aromatic rings. The molecule has 0 fully saturated rings. The Kier molecular flexibility index (Phi) is 3.03. The lowest BCUT2D eigenvalue weighted by atomic mass is 9.87. The van der Waals surface area contributed by atoms with Crippen molar-refractivity contribution in [2.24, 2.45) is 11.7 Å². The van der Waals surface area contributed by atoms with Crippen molar-refractivity contribution in [1.29, 1.82) is 0 Å². The highest BCUT2D eigenvalue weighted by molar-refractivity contribution is 6.02. The molecule has 1 atom stereocenters. The maximum Gasteiger partial charge on any atom is 0.174 e. The molecule has 3 nitrogen and oxygen atoms in total. The maximum atomic E-state index is 12.2. The quantitative estimate of drug-likeness (QED) is 0.615. The zero-order valence-corrected chi connectivity index (χ0v) is 9.09. The van der Waals surface area contributed by atoms with Crippen molar-refractivity contribution in [1.82, 2.24) is 0 Å². The Morgan fingerprint density at radius 1 is 1.24 bits per heavy atom. The second kappa shape index (κ2) is 4.64. The molecule has 3 heteroatoms. The maximum absolute atomic E-state index is 12.2. The van der Waals surface area contributed by atoms with E-state index in [1.54, 1.807) is 42.4 Å². The number of hydrogen-bond donors (Lipinski definition) is 1. The van der Waals surface area contributed by atoms with Crippen molar-refractivity contribution < 1.29 is 9.59 Å². The summed E-state index contributed by atoms with van der Waals surface area (Å²) in [6.45, 7) is 0. The largest absolute Gasteiger partial charge is 0.399 e.